The van der Waals surface area contributed by atoms with E-state index in [2.05, 4.69) is 5.32 Å². The molecule has 2 aliphatic rings. The summed E-state index contributed by atoms with van der Waals surface area (Å²) in [6, 6.07) is 5.74. The molecule has 19 heavy (non-hydrogen) atoms. The number of carbonyl (C=O) groups excluding carboxylic acids is 1. The van der Waals surface area contributed by atoms with E-state index in [0.717, 1.165) is 18.6 Å². The lowest BCUT2D eigenvalue weighted by atomic mass is 9.72. The molecule has 1 saturated carbocycles. The maximum Gasteiger partial charge on any atom is 0.251 e. The molecule has 4 unspecified atom stereocenters. The average Bonchev–Trinajstić information content (AvgIpc) is 2.83. The molecule has 1 aliphatic carbocycles. The lowest BCUT2D eigenvalue weighted by molar-refractivity contribution is -0.0161. The molecule has 4 heteroatoms. The molecule has 102 valence electrons. The van der Waals surface area contributed by atoms with Crippen LogP contribution in [0.4, 0.5) is 0 Å². The van der Waals surface area contributed by atoms with E-state index in [9.17, 15) is 4.79 Å². The maximum atomic E-state index is 12.2. The SMILES string of the molecule is Cc1ccc(C(=O)NC2C(N)C3CCOC32)cc1C. The summed E-state index contributed by atoms with van der Waals surface area (Å²) in [5, 5.41) is 3.01. The van der Waals surface area contributed by atoms with Crippen LogP contribution < -0.4 is 11.1 Å². The Morgan fingerprint density at radius 3 is 2.89 bits per heavy atom. The molecule has 3 N–H and O–H groups in total. The van der Waals surface area contributed by atoms with Crippen LogP contribution in [0.25, 0.3) is 0 Å². The summed E-state index contributed by atoms with van der Waals surface area (Å²) in [6.07, 6.45) is 1.13. The van der Waals surface area contributed by atoms with E-state index in [1.807, 2.05) is 32.0 Å². The molecular formula is C15H20N2O2. The van der Waals surface area contributed by atoms with Gasteiger partial charge in [-0.25, -0.2) is 0 Å². The van der Waals surface area contributed by atoms with Gasteiger partial charge in [0, 0.05) is 24.1 Å². The zero-order valence-electron chi connectivity index (χ0n) is 11.3. The number of ether oxygens (including phenoxy) is 1. The van der Waals surface area contributed by atoms with E-state index < -0.39 is 0 Å². The molecule has 0 radical (unpaired) electrons. The highest BCUT2D eigenvalue weighted by Crippen LogP contribution is 2.37. The fourth-order valence-electron chi connectivity index (χ4n) is 3.05. The number of rotatable bonds is 2. The number of hydrogen-bond donors (Lipinski definition) is 2. The van der Waals surface area contributed by atoms with E-state index >= 15 is 0 Å². The van der Waals surface area contributed by atoms with Crippen LogP contribution in [-0.4, -0.2) is 30.7 Å². The molecule has 1 amide bonds. The van der Waals surface area contributed by atoms with Crippen molar-refractivity contribution in [1.29, 1.82) is 0 Å². The maximum absolute atomic E-state index is 12.2. The third kappa shape index (κ3) is 2.05. The zero-order chi connectivity index (χ0) is 13.6. The van der Waals surface area contributed by atoms with Crippen LogP contribution in [0.1, 0.15) is 27.9 Å². The quantitative estimate of drug-likeness (QED) is 0.838. The molecule has 3 rings (SSSR count). The number of fused-ring (bicyclic) bond motifs is 1. The molecular weight excluding hydrogens is 240 g/mol. The van der Waals surface area contributed by atoms with E-state index in [0.29, 0.717) is 11.5 Å². The van der Waals surface area contributed by atoms with Crippen LogP contribution in [0.15, 0.2) is 18.2 Å². The first-order valence-electron chi connectivity index (χ1n) is 6.83. The van der Waals surface area contributed by atoms with Crippen molar-refractivity contribution in [3.63, 3.8) is 0 Å². The fourth-order valence-corrected chi connectivity index (χ4v) is 3.05. The van der Waals surface area contributed by atoms with Gasteiger partial charge in [-0.05, 0) is 43.5 Å². The molecule has 2 fully saturated rings. The Hall–Kier alpha value is -1.39. The summed E-state index contributed by atoms with van der Waals surface area (Å²) >= 11 is 0. The van der Waals surface area contributed by atoms with Gasteiger partial charge in [-0.3, -0.25) is 4.79 Å². The Balaban J connectivity index is 1.70. The monoisotopic (exact) mass is 260 g/mol. The minimum atomic E-state index is -0.0579. The van der Waals surface area contributed by atoms with Crippen molar-refractivity contribution < 1.29 is 9.53 Å². The number of aryl methyl sites for hydroxylation is 2. The third-order valence-electron chi connectivity index (χ3n) is 4.51. The number of carbonyl (C=O) groups is 1. The largest absolute Gasteiger partial charge is 0.376 e. The summed E-state index contributed by atoms with van der Waals surface area (Å²) in [5.74, 6) is 0.363. The van der Waals surface area contributed by atoms with Crippen molar-refractivity contribution in [3.8, 4) is 0 Å². The standard InChI is InChI=1S/C15H20N2O2/c1-8-3-4-10(7-9(8)2)15(18)17-13-12(16)11-5-6-19-14(11)13/h3-4,7,11-14H,5-6,16H2,1-2H3,(H,17,18). The first-order chi connectivity index (χ1) is 9.08. The van der Waals surface area contributed by atoms with Gasteiger partial charge in [-0.15, -0.1) is 0 Å². The van der Waals surface area contributed by atoms with Crippen LogP contribution in [-0.2, 0) is 4.74 Å². The van der Waals surface area contributed by atoms with Crippen molar-refractivity contribution >= 4 is 5.91 Å². The molecule has 4 atom stereocenters. The molecule has 1 aromatic carbocycles. The number of nitrogens with one attached hydrogen (secondary N) is 1. The number of hydrogen-bond acceptors (Lipinski definition) is 3. The highest BCUT2D eigenvalue weighted by molar-refractivity contribution is 5.94. The van der Waals surface area contributed by atoms with Gasteiger partial charge < -0.3 is 15.8 Å². The first-order valence-corrected chi connectivity index (χ1v) is 6.83. The van der Waals surface area contributed by atoms with Gasteiger partial charge in [-0.1, -0.05) is 6.07 Å². The predicted octanol–water partition coefficient (Wildman–Crippen LogP) is 1.15. The second kappa shape index (κ2) is 4.62. The van der Waals surface area contributed by atoms with Crippen LogP contribution in [0.3, 0.4) is 0 Å². The Bertz CT molecular complexity index is 515. The molecule has 0 bridgehead atoms. The van der Waals surface area contributed by atoms with Gasteiger partial charge in [0.1, 0.15) is 0 Å². The molecule has 1 aromatic rings. The summed E-state index contributed by atoms with van der Waals surface area (Å²) < 4.78 is 5.62. The van der Waals surface area contributed by atoms with Gasteiger partial charge in [0.2, 0.25) is 0 Å². The van der Waals surface area contributed by atoms with E-state index in [1.54, 1.807) is 0 Å². The second-order valence-electron chi connectivity index (χ2n) is 5.66. The van der Waals surface area contributed by atoms with Crippen LogP contribution in [0.2, 0.25) is 0 Å². The van der Waals surface area contributed by atoms with Gasteiger partial charge in [0.05, 0.1) is 12.1 Å². The summed E-state index contributed by atoms with van der Waals surface area (Å²) in [4.78, 5) is 12.2. The minimum absolute atomic E-state index is 0.0306. The minimum Gasteiger partial charge on any atom is -0.376 e. The molecule has 4 nitrogen and oxygen atoms in total. The lowest BCUT2D eigenvalue weighted by Gasteiger charge is -2.45. The van der Waals surface area contributed by atoms with Crippen LogP contribution >= 0.6 is 0 Å². The molecule has 1 saturated heterocycles. The predicted molar refractivity (Wildman–Crippen MR) is 73.0 cm³/mol. The second-order valence-corrected chi connectivity index (χ2v) is 5.66. The van der Waals surface area contributed by atoms with Crippen molar-refractivity contribution in [1.82, 2.24) is 5.32 Å². The number of nitrogens with two attached hydrogens (primary N) is 1. The highest BCUT2D eigenvalue weighted by Gasteiger charge is 2.52. The van der Waals surface area contributed by atoms with Gasteiger partial charge in [0.15, 0.2) is 0 Å². The van der Waals surface area contributed by atoms with Gasteiger partial charge >= 0.3 is 0 Å². The van der Waals surface area contributed by atoms with Crippen LogP contribution in [0.5, 0.6) is 0 Å². The van der Waals surface area contributed by atoms with Gasteiger partial charge in [-0.2, -0.15) is 0 Å². The zero-order valence-corrected chi connectivity index (χ0v) is 11.3. The van der Waals surface area contributed by atoms with Crippen molar-refractivity contribution in [3.05, 3.63) is 34.9 Å². The van der Waals surface area contributed by atoms with Gasteiger partial charge in [0.25, 0.3) is 5.91 Å². The summed E-state index contributed by atoms with van der Waals surface area (Å²) in [6.45, 7) is 4.81. The normalized spacial score (nSPS) is 32.6. The van der Waals surface area contributed by atoms with Crippen molar-refractivity contribution in [2.45, 2.75) is 38.5 Å². The van der Waals surface area contributed by atoms with E-state index in [-0.39, 0.29) is 24.1 Å². The molecule has 1 aliphatic heterocycles. The molecule has 0 spiro atoms. The Labute approximate surface area is 113 Å². The molecule has 0 aromatic heterocycles. The Morgan fingerprint density at radius 1 is 1.37 bits per heavy atom. The highest BCUT2D eigenvalue weighted by atomic mass is 16.5. The average molecular weight is 260 g/mol. The van der Waals surface area contributed by atoms with E-state index in [1.165, 1.54) is 5.56 Å². The Kier molecular flexibility index (Phi) is 3.07. The lowest BCUT2D eigenvalue weighted by Crippen LogP contribution is -2.68. The first kappa shape index (κ1) is 12.6. The summed E-state index contributed by atoms with van der Waals surface area (Å²) in [7, 11) is 0. The Morgan fingerprint density at radius 2 is 2.16 bits per heavy atom. The number of amides is 1. The number of benzene rings is 1. The third-order valence-corrected chi connectivity index (χ3v) is 4.51. The molecule has 1 heterocycles. The van der Waals surface area contributed by atoms with Crippen LogP contribution in [0, 0.1) is 19.8 Å². The van der Waals surface area contributed by atoms with E-state index in [4.69, 9.17) is 10.5 Å². The smallest absolute Gasteiger partial charge is 0.251 e. The van der Waals surface area contributed by atoms with Crippen molar-refractivity contribution in [2.24, 2.45) is 11.7 Å². The topological polar surface area (TPSA) is 64.4 Å². The fraction of sp³-hybridized carbons (Fsp3) is 0.533. The summed E-state index contributed by atoms with van der Waals surface area (Å²) in [5.41, 5.74) is 9.10. The van der Waals surface area contributed by atoms with Crippen molar-refractivity contribution in [2.75, 3.05) is 6.61 Å².